The van der Waals surface area contributed by atoms with Crippen LogP contribution >= 0.6 is 0 Å². The fourth-order valence-electron chi connectivity index (χ4n) is 4.28. The van der Waals surface area contributed by atoms with E-state index in [1.54, 1.807) is 0 Å². The maximum absolute atomic E-state index is 6.09. The topological polar surface area (TPSA) is 30.9 Å². The van der Waals surface area contributed by atoms with E-state index in [2.05, 4.69) is 98.0 Å². The molecule has 0 fully saturated rings. The summed E-state index contributed by atoms with van der Waals surface area (Å²) in [5.74, 6) is 2.13. The molecule has 172 valence electrons. The summed E-state index contributed by atoms with van der Waals surface area (Å²) >= 11 is 0. The number of hydrogen-bond donors (Lipinski definition) is 0. The molecule has 0 radical (unpaired) electrons. The monoisotopic (exact) mass is 433 g/mol. The maximum atomic E-state index is 6.09. The van der Waals surface area contributed by atoms with Gasteiger partial charge < -0.3 is 4.74 Å². The van der Waals surface area contributed by atoms with E-state index in [1.807, 2.05) is 16.3 Å². The third-order valence-corrected chi connectivity index (χ3v) is 5.96. The first kappa shape index (κ1) is 24.0. The normalized spacial score (nSPS) is 11.9. The quantitative estimate of drug-likeness (QED) is 0.287. The Kier molecular flexibility index (Phi) is 7.43. The van der Waals surface area contributed by atoms with E-state index < -0.39 is 0 Å². The first-order valence-corrected chi connectivity index (χ1v) is 12.0. The van der Waals surface area contributed by atoms with Crippen molar-refractivity contribution in [1.29, 1.82) is 0 Å². The Bertz CT molecular complexity index is 1010. The molecule has 0 saturated heterocycles. The lowest BCUT2D eigenvalue weighted by Gasteiger charge is -2.22. The predicted molar refractivity (Wildman–Crippen MR) is 131 cm³/mol. The zero-order valence-electron chi connectivity index (χ0n) is 21.2. The molecule has 4 heteroatoms. The van der Waals surface area contributed by atoms with Crippen LogP contribution in [0.2, 0.25) is 0 Å². The molecule has 0 unspecified atom stereocenters. The van der Waals surface area contributed by atoms with Crippen LogP contribution in [-0.2, 0) is 0 Å². The number of ether oxygens (including phenoxy) is 1. The van der Waals surface area contributed by atoms with Crippen molar-refractivity contribution in [3.63, 3.8) is 0 Å². The first-order valence-electron chi connectivity index (χ1n) is 12.0. The van der Waals surface area contributed by atoms with Crippen molar-refractivity contribution < 1.29 is 9.42 Å². The molecular weight excluding hydrogens is 394 g/mol. The van der Waals surface area contributed by atoms with Crippen LogP contribution in [0.5, 0.6) is 5.88 Å². The highest BCUT2D eigenvalue weighted by molar-refractivity contribution is 5.52. The molecule has 0 bridgehead atoms. The predicted octanol–water partition coefficient (Wildman–Crippen LogP) is 6.84. The van der Waals surface area contributed by atoms with E-state index in [0.717, 1.165) is 11.4 Å². The molecule has 0 spiro atoms. The van der Waals surface area contributed by atoms with Crippen molar-refractivity contribution in [1.82, 2.24) is 9.90 Å². The highest BCUT2D eigenvalue weighted by Gasteiger charge is 2.25. The van der Waals surface area contributed by atoms with Crippen molar-refractivity contribution in [2.45, 2.75) is 86.0 Å². The van der Waals surface area contributed by atoms with Gasteiger partial charge in [-0.25, -0.2) is 0 Å². The molecule has 0 N–H and O–H groups in total. The third kappa shape index (κ3) is 4.60. The van der Waals surface area contributed by atoms with Gasteiger partial charge in [0.25, 0.3) is 5.88 Å². The van der Waals surface area contributed by atoms with E-state index in [1.165, 1.54) is 22.3 Å². The Morgan fingerprint density at radius 2 is 1.22 bits per heavy atom. The van der Waals surface area contributed by atoms with Gasteiger partial charge in [0.05, 0.1) is 18.0 Å². The number of para-hydroxylation sites is 2. The summed E-state index contributed by atoms with van der Waals surface area (Å²) in [6.45, 7) is 20.4. The largest absolute Gasteiger partial charge is 0.473 e. The van der Waals surface area contributed by atoms with E-state index in [4.69, 9.17) is 9.95 Å². The lowest BCUT2D eigenvalue weighted by molar-refractivity contribution is -0.666. The summed E-state index contributed by atoms with van der Waals surface area (Å²) in [4.78, 5) is 0. The minimum atomic E-state index is 0.366. The van der Waals surface area contributed by atoms with Crippen LogP contribution in [0.4, 0.5) is 0 Å². The third-order valence-electron chi connectivity index (χ3n) is 5.96. The average Bonchev–Trinajstić information content (AvgIpc) is 3.15. The summed E-state index contributed by atoms with van der Waals surface area (Å²) in [5, 5.41) is 5.09. The van der Waals surface area contributed by atoms with Crippen LogP contribution in [0.15, 0.2) is 36.4 Å². The average molecular weight is 434 g/mol. The number of rotatable bonds is 8. The van der Waals surface area contributed by atoms with Gasteiger partial charge in [-0.05, 0) is 30.6 Å². The van der Waals surface area contributed by atoms with Gasteiger partial charge in [0.15, 0.2) is 5.69 Å². The van der Waals surface area contributed by atoms with Gasteiger partial charge in [0.2, 0.25) is 0 Å². The Morgan fingerprint density at radius 1 is 0.781 bits per heavy atom. The number of aromatic nitrogens is 3. The smallest absolute Gasteiger partial charge is 0.259 e. The van der Waals surface area contributed by atoms with E-state index in [-0.39, 0.29) is 0 Å². The summed E-state index contributed by atoms with van der Waals surface area (Å²) < 4.78 is 9.97. The lowest BCUT2D eigenvalue weighted by Crippen LogP contribution is -2.37. The molecule has 0 aliphatic heterocycles. The second-order valence-electron chi connectivity index (χ2n) is 9.75. The summed E-state index contributed by atoms with van der Waals surface area (Å²) in [6, 6.07) is 13.1. The molecule has 0 saturated carbocycles. The SMILES string of the molecule is CCOc1[c-][n+](-c2c(C(C)C)cccc2C(C)C)nn1-c1c(C(C)C)cccc1C(C)C. The van der Waals surface area contributed by atoms with Gasteiger partial charge >= 0.3 is 0 Å². The van der Waals surface area contributed by atoms with Gasteiger partial charge in [0.1, 0.15) is 0 Å². The lowest BCUT2D eigenvalue weighted by atomic mass is 9.93. The molecule has 1 heterocycles. The van der Waals surface area contributed by atoms with Crippen LogP contribution in [-0.4, -0.2) is 16.5 Å². The molecule has 3 aromatic rings. The summed E-state index contributed by atoms with van der Waals surface area (Å²) in [5.41, 5.74) is 7.30. The molecule has 0 aliphatic rings. The van der Waals surface area contributed by atoms with Gasteiger partial charge in [-0.2, -0.15) is 0 Å². The van der Waals surface area contributed by atoms with Gasteiger partial charge in [-0.15, -0.1) is 0 Å². The van der Waals surface area contributed by atoms with Crippen LogP contribution in [0.25, 0.3) is 11.4 Å². The minimum absolute atomic E-state index is 0.366. The van der Waals surface area contributed by atoms with E-state index in [9.17, 15) is 0 Å². The molecular formula is C28H39N3O. The Hall–Kier alpha value is -2.62. The Morgan fingerprint density at radius 3 is 1.62 bits per heavy atom. The Balaban J connectivity index is 2.36. The molecule has 4 nitrogen and oxygen atoms in total. The molecule has 0 atom stereocenters. The summed E-state index contributed by atoms with van der Waals surface area (Å²) in [6.07, 6.45) is 3.47. The van der Waals surface area contributed by atoms with Crippen molar-refractivity contribution in [2.75, 3.05) is 6.61 Å². The molecule has 0 aliphatic carbocycles. The summed E-state index contributed by atoms with van der Waals surface area (Å²) in [7, 11) is 0. The number of benzene rings is 2. The zero-order valence-corrected chi connectivity index (χ0v) is 21.2. The van der Waals surface area contributed by atoms with Crippen molar-refractivity contribution in [3.8, 4) is 17.3 Å². The molecule has 3 rings (SSSR count). The molecule has 1 aromatic heterocycles. The van der Waals surface area contributed by atoms with Crippen LogP contribution < -0.4 is 9.42 Å². The van der Waals surface area contributed by atoms with Gasteiger partial charge in [0, 0.05) is 16.8 Å². The van der Waals surface area contributed by atoms with Crippen molar-refractivity contribution in [2.24, 2.45) is 0 Å². The second kappa shape index (κ2) is 9.89. The van der Waals surface area contributed by atoms with Crippen LogP contribution in [0.1, 0.15) is 108 Å². The molecule has 32 heavy (non-hydrogen) atoms. The van der Waals surface area contributed by atoms with E-state index >= 15 is 0 Å². The second-order valence-corrected chi connectivity index (χ2v) is 9.75. The fraction of sp³-hybridized carbons (Fsp3) is 0.500. The van der Waals surface area contributed by atoms with Crippen LogP contribution in [0, 0.1) is 6.20 Å². The zero-order chi connectivity index (χ0) is 23.6. The van der Waals surface area contributed by atoms with Crippen molar-refractivity contribution in [3.05, 3.63) is 64.8 Å². The fourth-order valence-corrected chi connectivity index (χ4v) is 4.28. The van der Waals surface area contributed by atoms with E-state index in [0.29, 0.717) is 36.2 Å². The van der Waals surface area contributed by atoms with Crippen molar-refractivity contribution >= 4 is 0 Å². The standard InChI is InChI=1S/C28H39N3O/c1-10-32-26-17-30(27-22(18(2)3)13-11-14-23(27)19(4)5)29-31(26)28-24(20(6)7)15-12-16-25(28)21(8)9/h11-16,18-21H,10H2,1-9H3. The molecule has 2 aromatic carbocycles. The first-order chi connectivity index (χ1) is 15.2. The highest BCUT2D eigenvalue weighted by atomic mass is 16.5. The Labute approximate surface area is 194 Å². The number of hydrogen-bond acceptors (Lipinski definition) is 2. The van der Waals surface area contributed by atoms with Gasteiger partial charge in [-0.3, -0.25) is 4.68 Å². The van der Waals surface area contributed by atoms with Gasteiger partial charge in [-0.1, -0.05) is 108 Å². The van der Waals surface area contributed by atoms with Crippen LogP contribution in [0.3, 0.4) is 0 Å². The number of nitrogens with zero attached hydrogens (tertiary/aromatic N) is 3. The minimum Gasteiger partial charge on any atom is -0.473 e. The maximum Gasteiger partial charge on any atom is 0.259 e. The highest BCUT2D eigenvalue weighted by Crippen LogP contribution is 2.33. The molecule has 0 amide bonds.